The molecule has 0 bridgehead atoms. The number of nitrogens with one attached hydrogen (secondary N) is 1. The molecule has 0 radical (unpaired) electrons. The Morgan fingerprint density at radius 1 is 1.53 bits per heavy atom. The lowest BCUT2D eigenvalue weighted by atomic mass is 9.97. The molecule has 0 amide bonds. The number of rotatable bonds is 3. The Labute approximate surface area is 95.6 Å². The van der Waals surface area contributed by atoms with Crippen molar-refractivity contribution in [3.8, 4) is 6.07 Å². The average Bonchev–Trinajstić information content (AvgIpc) is 2.81. The number of hydrogen-bond acceptors (Lipinski definition) is 4. The van der Waals surface area contributed by atoms with Gasteiger partial charge >= 0.3 is 0 Å². The fourth-order valence-corrected chi connectivity index (χ4v) is 3.33. The highest BCUT2D eigenvalue weighted by molar-refractivity contribution is 7.99. The van der Waals surface area contributed by atoms with Crippen molar-refractivity contribution in [2.75, 3.05) is 24.7 Å². The Morgan fingerprint density at radius 3 is 3.07 bits per heavy atom. The molecule has 1 N–H and O–H groups in total. The minimum absolute atomic E-state index is 0.283. The lowest BCUT2D eigenvalue weighted by molar-refractivity contribution is 0.105. The first-order valence-corrected chi connectivity index (χ1v) is 6.86. The predicted molar refractivity (Wildman–Crippen MR) is 61.9 cm³/mol. The Kier molecular flexibility index (Phi) is 3.90. The van der Waals surface area contributed by atoms with Gasteiger partial charge in [0.2, 0.25) is 0 Å². The van der Waals surface area contributed by atoms with Gasteiger partial charge in [-0.25, -0.2) is 0 Å². The van der Waals surface area contributed by atoms with E-state index >= 15 is 0 Å². The first kappa shape index (κ1) is 11.3. The van der Waals surface area contributed by atoms with Crippen LogP contribution in [0.15, 0.2) is 0 Å². The number of thioether (sulfide) groups is 1. The number of hydrogen-bond donors (Lipinski definition) is 1. The van der Waals surface area contributed by atoms with E-state index in [-0.39, 0.29) is 5.54 Å². The molecule has 0 spiro atoms. The molecular weight excluding hydrogens is 208 g/mol. The zero-order valence-electron chi connectivity index (χ0n) is 9.00. The molecule has 0 aromatic rings. The summed E-state index contributed by atoms with van der Waals surface area (Å²) in [7, 11) is 0. The minimum Gasteiger partial charge on any atom is -0.377 e. The van der Waals surface area contributed by atoms with Gasteiger partial charge in [0, 0.05) is 18.9 Å². The molecule has 2 unspecified atom stereocenters. The van der Waals surface area contributed by atoms with Crippen LogP contribution in [0.3, 0.4) is 0 Å². The molecule has 2 heterocycles. The van der Waals surface area contributed by atoms with E-state index in [1.54, 1.807) is 0 Å². The number of nitriles is 1. The maximum absolute atomic E-state index is 9.25. The third kappa shape index (κ3) is 2.87. The summed E-state index contributed by atoms with van der Waals surface area (Å²) < 4.78 is 5.55. The second-order valence-electron chi connectivity index (χ2n) is 4.37. The minimum atomic E-state index is -0.283. The van der Waals surface area contributed by atoms with E-state index in [1.807, 2.05) is 11.8 Å². The van der Waals surface area contributed by atoms with Crippen LogP contribution in [0.4, 0.5) is 0 Å². The molecule has 2 saturated heterocycles. The van der Waals surface area contributed by atoms with Gasteiger partial charge in [-0.15, -0.1) is 0 Å². The summed E-state index contributed by atoms with van der Waals surface area (Å²) >= 11 is 1.88. The Hall–Kier alpha value is -0.240. The highest BCUT2D eigenvalue weighted by atomic mass is 32.2. The normalized spacial score (nSPS) is 36.3. The Bertz CT molecular complexity index is 239. The summed E-state index contributed by atoms with van der Waals surface area (Å²) in [5.74, 6) is 2.13. The maximum Gasteiger partial charge on any atom is 0.115 e. The van der Waals surface area contributed by atoms with Crippen LogP contribution in [0.1, 0.15) is 25.7 Å². The van der Waals surface area contributed by atoms with Gasteiger partial charge in [0.05, 0.1) is 12.2 Å². The fourth-order valence-electron chi connectivity index (χ4n) is 2.18. The third-order valence-corrected chi connectivity index (χ3v) is 4.42. The van der Waals surface area contributed by atoms with Crippen molar-refractivity contribution >= 4 is 11.8 Å². The van der Waals surface area contributed by atoms with Crippen molar-refractivity contribution in [3.63, 3.8) is 0 Å². The molecular formula is C11H18N2OS. The summed E-state index contributed by atoms with van der Waals surface area (Å²) in [6, 6.07) is 2.45. The van der Waals surface area contributed by atoms with Gasteiger partial charge in [-0.3, -0.25) is 5.32 Å². The zero-order valence-corrected chi connectivity index (χ0v) is 9.81. The van der Waals surface area contributed by atoms with Crippen LogP contribution >= 0.6 is 11.8 Å². The summed E-state index contributed by atoms with van der Waals surface area (Å²) in [5, 5.41) is 12.7. The lowest BCUT2D eigenvalue weighted by Gasteiger charge is -2.32. The van der Waals surface area contributed by atoms with Gasteiger partial charge in [0.1, 0.15) is 5.54 Å². The van der Waals surface area contributed by atoms with Crippen molar-refractivity contribution in [1.29, 1.82) is 5.26 Å². The van der Waals surface area contributed by atoms with Crippen molar-refractivity contribution < 1.29 is 4.74 Å². The quantitative estimate of drug-likeness (QED) is 0.793. The summed E-state index contributed by atoms with van der Waals surface area (Å²) in [6.45, 7) is 1.73. The van der Waals surface area contributed by atoms with Gasteiger partial charge in [-0.2, -0.15) is 17.0 Å². The molecule has 0 aliphatic carbocycles. The molecule has 0 aromatic heterocycles. The predicted octanol–water partition coefficient (Wildman–Crippen LogP) is 1.54. The van der Waals surface area contributed by atoms with Gasteiger partial charge in [0.25, 0.3) is 0 Å². The number of ether oxygens (including phenoxy) is 1. The molecule has 4 heteroatoms. The average molecular weight is 226 g/mol. The van der Waals surface area contributed by atoms with E-state index in [0.717, 1.165) is 38.2 Å². The van der Waals surface area contributed by atoms with Gasteiger partial charge in [-0.05, 0) is 31.4 Å². The lowest BCUT2D eigenvalue weighted by Crippen LogP contribution is -2.50. The van der Waals surface area contributed by atoms with Crippen LogP contribution in [-0.4, -0.2) is 36.3 Å². The Morgan fingerprint density at radius 2 is 2.47 bits per heavy atom. The zero-order chi connectivity index (χ0) is 10.6. The van der Waals surface area contributed by atoms with E-state index in [1.165, 1.54) is 12.2 Å². The first-order valence-electron chi connectivity index (χ1n) is 5.70. The fraction of sp³-hybridized carbons (Fsp3) is 0.909. The van der Waals surface area contributed by atoms with Crippen molar-refractivity contribution in [1.82, 2.24) is 5.32 Å². The molecule has 3 nitrogen and oxygen atoms in total. The molecule has 0 saturated carbocycles. The topological polar surface area (TPSA) is 45.0 Å². The van der Waals surface area contributed by atoms with Gasteiger partial charge < -0.3 is 4.74 Å². The van der Waals surface area contributed by atoms with Crippen molar-refractivity contribution in [2.45, 2.75) is 37.3 Å². The SMILES string of the molecule is N#CC1(NCC2CCCO2)CCCSC1. The van der Waals surface area contributed by atoms with Crippen molar-refractivity contribution in [3.05, 3.63) is 0 Å². The molecule has 2 aliphatic heterocycles. The van der Waals surface area contributed by atoms with Gasteiger partial charge in [0.15, 0.2) is 0 Å². The van der Waals surface area contributed by atoms with E-state index in [9.17, 15) is 5.26 Å². The Balaban J connectivity index is 1.81. The molecule has 2 fully saturated rings. The third-order valence-electron chi connectivity index (χ3n) is 3.15. The van der Waals surface area contributed by atoms with Crippen LogP contribution in [-0.2, 0) is 4.74 Å². The maximum atomic E-state index is 9.25. The van der Waals surface area contributed by atoms with Crippen LogP contribution in [0.25, 0.3) is 0 Å². The highest BCUT2D eigenvalue weighted by Crippen LogP contribution is 2.26. The standard InChI is InChI=1S/C11H18N2OS/c12-8-11(4-2-6-15-9-11)13-7-10-3-1-5-14-10/h10,13H,1-7,9H2. The largest absolute Gasteiger partial charge is 0.377 e. The van der Waals surface area contributed by atoms with Gasteiger partial charge in [-0.1, -0.05) is 0 Å². The molecule has 84 valence electrons. The molecule has 2 aliphatic rings. The summed E-state index contributed by atoms with van der Waals surface area (Å²) in [5.41, 5.74) is -0.283. The highest BCUT2D eigenvalue weighted by Gasteiger charge is 2.33. The smallest absolute Gasteiger partial charge is 0.115 e. The van der Waals surface area contributed by atoms with E-state index < -0.39 is 0 Å². The van der Waals surface area contributed by atoms with E-state index in [4.69, 9.17) is 4.74 Å². The van der Waals surface area contributed by atoms with Crippen LogP contribution in [0, 0.1) is 11.3 Å². The monoisotopic (exact) mass is 226 g/mol. The molecule has 2 rings (SSSR count). The summed E-state index contributed by atoms with van der Waals surface area (Å²) in [6.07, 6.45) is 4.78. The van der Waals surface area contributed by atoms with E-state index in [0.29, 0.717) is 6.10 Å². The molecule has 15 heavy (non-hydrogen) atoms. The van der Waals surface area contributed by atoms with E-state index in [2.05, 4.69) is 11.4 Å². The van der Waals surface area contributed by atoms with Crippen molar-refractivity contribution in [2.24, 2.45) is 0 Å². The molecule has 0 aromatic carbocycles. The van der Waals surface area contributed by atoms with Crippen LogP contribution in [0.5, 0.6) is 0 Å². The van der Waals surface area contributed by atoms with Crippen LogP contribution < -0.4 is 5.32 Å². The second kappa shape index (κ2) is 5.20. The first-order chi connectivity index (χ1) is 7.35. The number of nitrogens with zero attached hydrogens (tertiary/aromatic N) is 1. The second-order valence-corrected chi connectivity index (χ2v) is 5.47. The molecule has 2 atom stereocenters. The van der Waals surface area contributed by atoms with Crippen LogP contribution in [0.2, 0.25) is 0 Å². The summed E-state index contributed by atoms with van der Waals surface area (Å²) in [4.78, 5) is 0.